The van der Waals surface area contributed by atoms with E-state index in [2.05, 4.69) is 155 Å². The summed E-state index contributed by atoms with van der Waals surface area (Å²) in [4.78, 5) is 64.4. The van der Waals surface area contributed by atoms with Crippen LogP contribution in [0.2, 0.25) is 0 Å². The van der Waals surface area contributed by atoms with E-state index in [1.54, 1.807) is 70.2 Å². The molecule has 3 saturated heterocycles. The van der Waals surface area contributed by atoms with Crippen LogP contribution in [0.3, 0.4) is 0 Å². The van der Waals surface area contributed by atoms with Gasteiger partial charge in [0.05, 0.1) is 58.9 Å². The third-order valence-electron chi connectivity index (χ3n) is 11.8. The number of ether oxygens (including phenoxy) is 3. The molecule has 9 heterocycles. The summed E-state index contributed by atoms with van der Waals surface area (Å²) >= 11 is 12.2. The molecule has 28 heteroatoms. The second-order valence-corrected chi connectivity index (χ2v) is 33.2. The van der Waals surface area contributed by atoms with Crippen molar-refractivity contribution in [1.29, 1.82) is 0 Å². The van der Waals surface area contributed by atoms with Crippen LogP contribution in [-0.4, -0.2) is 191 Å². The van der Waals surface area contributed by atoms with Crippen molar-refractivity contribution in [2.45, 2.75) is 79.1 Å². The average molecular weight is 1720 g/mol. The summed E-state index contributed by atoms with van der Waals surface area (Å²) in [6.07, 6.45) is 12.4. The Morgan fingerprint density at radius 2 is 0.963 bits per heavy atom. The minimum absolute atomic E-state index is 0. The van der Waals surface area contributed by atoms with Crippen molar-refractivity contribution in [3.05, 3.63) is 84.6 Å². The Hall–Kier alpha value is -1.69. The van der Waals surface area contributed by atoms with E-state index in [0.717, 1.165) is 108 Å². The molecule has 6 aromatic heterocycles. The first kappa shape index (κ1) is 78.3. The maximum Gasteiger partial charge on any atom is 0.570 e. The zero-order chi connectivity index (χ0) is 58.8. The van der Waals surface area contributed by atoms with Gasteiger partial charge in [-0.2, -0.15) is 0 Å². The van der Waals surface area contributed by atoms with Crippen LogP contribution in [-0.2, 0) is 51.3 Å². The first-order valence-corrected chi connectivity index (χ1v) is 31.5. The van der Waals surface area contributed by atoms with Gasteiger partial charge in [-0.3, -0.25) is 29.0 Å². The van der Waals surface area contributed by atoms with Gasteiger partial charge in [0.2, 0.25) is 0 Å². The number of nitrogens with one attached hydrogen (secondary N) is 1. The average Bonchev–Trinajstić information content (AvgIpc) is 4.11. The van der Waals surface area contributed by atoms with Crippen molar-refractivity contribution in [2.24, 2.45) is 0 Å². The Balaban J connectivity index is 0.000000551. The van der Waals surface area contributed by atoms with Gasteiger partial charge in [-0.25, -0.2) is 19.0 Å². The summed E-state index contributed by atoms with van der Waals surface area (Å²) in [5.41, 5.74) is 2.43. The summed E-state index contributed by atoms with van der Waals surface area (Å²) < 4.78 is 27.3. The minimum Gasteiger partial charge on any atom is -0.524 e. The second kappa shape index (κ2) is 37.2. The van der Waals surface area contributed by atoms with Gasteiger partial charge in [0.1, 0.15) is 16.7 Å². The number of fused-ring (bicyclic) bond motifs is 3. The Bertz CT molecular complexity index is 2880. The fourth-order valence-corrected chi connectivity index (χ4v) is 8.55. The second-order valence-electron chi connectivity index (χ2n) is 21.5. The van der Waals surface area contributed by atoms with Crippen LogP contribution in [0, 0.1) is 12.4 Å². The van der Waals surface area contributed by atoms with Crippen LogP contribution in [0.4, 0.5) is 25.8 Å². The van der Waals surface area contributed by atoms with Crippen molar-refractivity contribution in [1.82, 2.24) is 48.7 Å². The van der Waals surface area contributed by atoms with E-state index >= 15 is 0 Å². The number of carbonyl (C=O) groups is 3. The Labute approximate surface area is 573 Å². The van der Waals surface area contributed by atoms with Gasteiger partial charge in [0.15, 0.2) is 5.88 Å². The summed E-state index contributed by atoms with van der Waals surface area (Å²) in [7, 11) is 6.94. The van der Waals surface area contributed by atoms with Crippen LogP contribution in [0.1, 0.15) is 62.3 Å². The number of hydrogen-bond acceptors (Lipinski definition) is 17. The number of aromatic nitrogens is 6. The number of likely N-dealkylation sites (N-methyl/N-ethyl adjacent to an activating group) is 3. The standard InChI is InChI=1S/C17H24BN4O4.C17H24N4O2.C12H13BrN2O2.C5H12N2.CHI3.CH2I.CH3.2V/c1-17(2,3)25-16(23)22-14-11-19-10-13(12(14)9-15(22)26-18-24)21-7-5-20(4)6-8-21;1-17(2,3)23-16(22)21-6-5-13-14(11-18-12-15(13)21)20-9-7-19(4)8-10-20;1-12(2,3)17-11(16)15-5-4-8-9(13)6-14-7-10(8)15;1-7-4-2-6-3-5-7;2-1(3)4;1-2;;;/h9-11,24H,5-8H2,1-4H3;5-6,11-12H,7-10H2,1-4H3;4-7H,1-3H3;6H,2-5H2,1H3;1H;1H2;1H3;;/q;;;;;2*-1;;. The SMILES string of the molecule is CC(C)(C)OC(=O)n1ccc2c(Br)cncc21.CN1CCN(c2cncc3c2cc(O[B]O)n3C(=O)OC(C)(C)C)CC1.CN1CCN(c2cncc3c2ccn3C(=O)OC(C)(C)C)CC1.CN1CCNCC1.IC(I)I.[CH2-]I.[CH3-].[V].[V]. The van der Waals surface area contributed by atoms with Gasteiger partial charge >= 0.3 is 26.0 Å². The topological polar surface area (TPSA) is 190 Å². The van der Waals surface area contributed by atoms with Gasteiger partial charge in [-0.15, -0.1) is 0 Å². The molecular formula is C54H79BBrI4N12O8V2-2. The van der Waals surface area contributed by atoms with Crippen molar-refractivity contribution >= 4 is 176 Å². The molecule has 0 bridgehead atoms. The van der Waals surface area contributed by atoms with Gasteiger partial charge in [-0.05, 0) is 112 Å². The van der Waals surface area contributed by atoms with Crippen molar-refractivity contribution in [3.63, 3.8) is 0 Å². The molecule has 0 aromatic carbocycles. The van der Waals surface area contributed by atoms with Gasteiger partial charge in [0, 0.05) is 161 Å². The predicted octanol–water partition coefficient (Wildman–Crippen LogP) is 11.4. The van der Waals surface area contributed by atoms with Crippen LogP contribution in [0.25, 0.3) is 32.7 Å². The molecule has 0 saturated carbocycles. The third kappa shape index (κ3) is 25.2. The van der Waals surface area contributed by atoms with E-state index in [4.69, 9.17) is 23.9 Å². The summed E-state index contributed by atoms with van der Waals surface area (Å²) in [5.74, 6) is 0.181. The maximum absolute atomic E-state index is 12.7. The Morgan fingerprint density at radius 1 is 0.598 bits per heavy atom. The van der Waals surface area contributed by atoms with Crippen LogP contribution < -0.4 is 19.8 Å². The number of anilines is 2. The fourth-order valence-electron chi connectivity index (χ4n) is 8.10. The molecule has 0 atom stereocenters. The monoisotopic (exact) mass is 1720 g/mol. The molecule has 0 amide bonds. The van der Waals surface area contributed by atoms with Crippen molar-refractivity contribution in [3.8, 4) is 5.88 Å². The summed E-state index contributed by atoms with van der Waals surface area (Å²) in [6, 6.07) is 5.54. The number of alkyl halides is 3. The minimum atomic E-state index is -0.656. The molecular weight excluding hydrogens is 1640 g/mol. The summed E-state index contributed by atoms with van der Waals surface area (Å²) in [5, 5.41) is 15.2. The van der Waals surface area contributed by atoms with Crippen molar-refractivity contribution < 1.29 is 75.4 Å². The quantitative estimate of drug-likeness (QED) is 0.0557. The molecule has 9 rings (SSSR count). The molecule has 0 aliphatic carbocycles. The number of hydrogen-bond donors (Lipinski definition) is 2. The van der Waals surface area contributed by atoms with E-state index in [1.165, 1.54) is 26.8 Å². The Kier molecular flexibility index (Phi) is 35.6. The number of halogens is 5. The fraction of sp³-hybridized carbons (Fsp3) is 0.519. The molecule has 3 aliphatic heterocycles. The number of piperazine rings is 3. The largest absolute Gasteiger partial charge is 0.570 e. The Morgan fingerprint density at radius 3 is 1.37 bits per heavy atom. The van der Waals surface area contributed by atoms with Gasteiger partial charge in [0.25, 0.3) is 0 Å². The van der Waals surface area contributed by atoms with Gasteiger partial charge in [-0.1, -0.05) is 67.8 Å². The first-order chi connectivity index (χ1) is 37.2. The molecule has 3 aliphatic rings. The zero-order valence-corrected chi connectivity index (χ0v) is 62.2. The third-order valence-corrected chi connectivity index (χ3v) is 12.4. The molecule has 0 unspecified atom stereocenters. The van der Waals surface area contributed by atoms with Crippen LogP contribution in [0.15, 0.2) is 72.2 Å². The molecule has 453 valence electrons. The van der Waals surface area contributed by atoms with Crippen LogP contribution in [0.5, 0.6) is 5.88 Å². The maximum atomic E-state index is 12.7. The van der Waals surface area contributed by atoms with E-state index in [9.17, 15) is 14.4 Å². The number of rotatable bonds is 4. The molecule has 0 spiro atoms. The van der Waals surface area contributed by atoms with Crippen LogP contribution >= 0.6 is 106 Å². The summed E-state index contributed by atoms with van der Waals surface area (Å²) in [6.45, 7) is 28.9. The normalized spacial score (nSPS) is 14.9. The van der Waals surface area contributed by atoms with Gasteiger partial charge < -0.3 is 83.7 Å². The molecule has 3 fully saturated rings. The molecule has 82 heavy (non-hydrogen) atoms. The van der Waals surface area contributed by atoms with E-state index in [-0.39, 0.29) is 56.5 Å². The molecule has 20 nitrogen and oxygen atoms in total. The molecule has 3 radical (unpaired) electrons. The zero-order valence-electron chi connectivity index (χ0n) is 49.2. The van der Waals surface area contributed by atoms with Crippen molar-refractivity contribution in [2.75, 3.05) is 109 Å². The molecule has 2 N–H and O–H groups in total. The predicted molar refractivity (Wildman–Crippen MR) is 362 cm³/mol. The number of carbonyl (C=O) groups excluding carboxylic acids is 3. The van der Waals surface area contributed by atoms with E-state index in [0.29, 0.717) is 13.2 Å². The van der Waals surface area contributed by atoms with E-state index < -0.39 is 29.0 Å². The van der Waals surface area contributed by atoms with E-state index in [1.807, 2.05) is 82.5 Å². The molecule has 6 aromatic rings. The first-order valence-electron chi connectivity index (χ1n) is 25.5. The number of nitrogens with zero attached hydrogens (tertiary/aromatic N) is 11. The smallest absolute Gasteiger partial charge is 0.524 e. The number of pyridine rings is 3.